The predicted molar refractivity (Wildman–Crippen MR) is 86.0 cm³/mol. The molecule has 3 heterocycles. The van der Waals surface area contributed by atoms with E-state index >= 15 is 0 Å². The van der Waals surface area contributed by atoms with E-state index in [-0.39, 0.29) is 11.2 Å². The van der Waals surface area contributed by atoms with E-state index in [1.54, 1.807) is 6.92 Å². The van der Waals surface area contributed by atoms with E-state index in [0.29, 0.717) is 5.56 Å². The lowest BCUT2D eigenvalue weighted by Crippen LogP contribution is -2.24. The first-order valence-electron chi connectivity index (χ1n) is 7.72. The largest absolute Gasteiger partial charge is 0.468 e. The molecule has 0 saturated carbocycles. The quantitative estimate of drug-likeness (QED) is 0.620. The van der Waals surface area contributed by atoms with Crippen LogP contribution in [0.4, 0.5) is 26.3 Å². The molecular weight excluding hydrogens is 392 g/mol. The lowest BCUT2D eigenvalue weighted by molar-refractivity contribution is -0.154. The number of halogens is 6. The topological polar surface area (TPSA) is 56.5 Å². The monoisotopic (exact) mass is 403 g/mol. The number of pyridine rings is 2. The molecule has 148 valence electrons. The Balaban J connectivity index is 2.12. The highest BCUT2D eigenvalue weighted by atomic mass is 19.4. The van der Waals surface area contributed by atoms with Crippen molar-refractivity contribution in [2.75, 3.05) is 6.61 Å². The number of nitrogens with zero attached hydrogens (tertiary/aromatic N) is 3. The van der Waals surface area contributed by atoms with Gasteiger partial charge in [-0.3, -0.25) is 9.20 Å². The third kappa shape index (κ3) is 4.07. The van der Waals surface area contributed by atoms with Gasteiger partial charge in [-0.2, -0.15) is 26.3 Å². The molecule has 0 aromatic carbocycles. The third-order valence-corrected chi connectivity index (χ3v) is 3.66. The third-order valence-electron chi connectivity index (χ3n) is 3.66. The maximum absolute atomic E-state index is 13.5. The van der Waals surface area contributed by atoms with Gasteiger partial charge in [0, 0.05) is 24.0 Å². The fourth-order valence-corrected chi connectivity index (χ4v) is 2.47. The van der Waals surface area contributed by atoms with Gasteiger partial charge in [0.2, 0.25) is 5.88 Å². The minimum atomic E-state index is -4.93. The second kappa shape index (κ2) is 6.80. The molecule has 0 saturated heterocycles. The van der Waals surface area contributed by atoms with Gasteiger partial charge in [0.25, 0.3) is 5.56 Å². The van der Waals surface area contributed by atoms with Gasteiger partial charge in [-0.1, -0.05) is 0 Å². The summed E-state index contributed by atoms with van der Waals surface area (Å²) in [7, 11) is 0. The minimum absolute atomic E-state index is 0.181. The van der Waals surface area contributed by atoms with Gasteiger partial charge in [0.1, 0.15) is 5.65 Å². The summed E-state index contributed by atoms with van der Waals surface area (Å²) < 4.78 is 82.4. The SMILES string of the molecule is Cc1ccn2c(=O)c(-c3ccc(OCC(F)(F)F)nc3)c(C(F)(F)F)nc2c1. The van der Waals surface area contributed by atoms with Crippen LogP contribution in [0.25, 0.3) is 16.8 Å². The van der Waals surface area contributed by atoms with Gasteiger partial charge in [0.15, 0.2) is 12.3 Å². The Morgan fingerprint density at radius 3 is 2.39 bits per heavy atom. The van der Waals surface area contributed by atoms with E-state index in [4.69, 9.17) is 0 Å². The second-order valence-corrected chi connectivity index (χ2v) is 5.86. The van der Waals surface area contributed by atoms with Crippen LogP contribution in [-0.4, -0.2) is 27.2 Å². The fraction of sp³-hybridized carbons (Fsp3) is 0.235. The molecule has 3 aromatic heterocycles. The molecule has 0 amide bonds. The van der Waals surface area contributed by atoms with E-state index in [1.165, 1.54) is 18.3 Å². The normalized spacial score (nSPS) is 12.4. The highest BCUT2D eigenvalue weighted by Gasteiger charge is 2.38. The van der Waals surface area contributed by atoms with Crippen LogP contribution in [0.5, 0.6) is 5.88 Å². The van der Waals surface area contributed by atoms with E-state index in [2.05, 4.69) is 14.7 Å². The van der Waals surface area contributed by atoms with Crippen molar-refractivity contribution in [1.29, 1.82) is 0 Å². The van der Waals surface area contributed by atoms with Crippen molar-refractivity contribution in [3.05, 3.63) is 58.3 Å². The van der Waals surface area contributed by atoms with Crippen molar-refractivity contribution < 1.29 is 31.1 Å². The fourth-order valence-electron chi connectivity index (χ4n) is 2.47. The van der Waals surface area contributed by atoms with Crippen molar-refractivity contribution in [3.8, 4) is 17.0 Å². The van der Waals surface area contributed by atoms with Crippen LogP contribution in [0, 0.1) is 6.92 Å². The molecule has 28 heavy (non-hydrogen) atoms. The lowest BCUT2D eigenvalue weighted by Gasteiger charge is -2.14. The number of alkyl halides is 6. The van der Waals surface area contributed by atoms with Gasteiger partial charge in [0.05, 0.1) is 5.56 Å². The smallest absolute Gasteiger partial charge is 0.434 e. The molecule has 0 fully saturated rings. The van der Waals surface area contributed by atoms with Crippen molar-refractivity contribution in [1.82, 2.24) is 14.4 Å². The molecule has 3 aromatic rings. The van der Waals surface area contributed by atoms with Crippen LogP contribution in [0.1, 0.15) is 11.3 Å². The Morgan fingerprint density at radius 2 is 1.82 bits per heavy atom. The van der Waals surface area contributed by atoms with Crippen LogP contribution < -0.4 is 10.3 Å². The van der Waals surface area contributed by atoms with E-state index in [1.807, 2.05) is 0 Å². The van der Waals surface area contributed by atoms with Crippen LogP contribution in [0.2, 0.25) is 0 Å². The molecule has 3 rings (SSSR count). The number of aryl methyl sites for hydroxylation is 1. The average molecular weight is 403 g/mol. The zero-order chi connectivity index (χ0) is 20.7. The number of aromatic nitrogens is 3. The molecule has 0 radical (unpaired) electrons. The predicted octanol–water partition coefficient (Wildman–Crippen LogP) is 4.02. The van der Waals surface area contributed by atoms with E-state index < -0.39 is 41.7 Å². The summed E-state index contributed by atoms with van der Waals surface area (Å²) in [6.07, 6.45) is -7.40. The Bertz CT molecular complexity index is 1070. The number of hydrogen-bond donors (Lipinski definition) is 0. The number of rotatable bonds is 3. The first-order chi connectivity index (χ1) is 13.0. The van der Waals surface area contributed by atoms with Crippen molar-refractivity contribution in [2.24, 2.45) is 0 Å². The first kappa shape index (κ1) is 19.6. The summed E-state index contributed by atoms with van der Waals surface area (Å²) in [6, 6.07) is 4.82. The molecular formula is C17H11F6N3O2. The van der Waals surface area contributed by atoms with Gasteiger partial charge < -0.3 is 4.74 Å². The Hall–Kier alpha value is -3.11. The maximum Gasteiger partial charge on any atom is 0.434 e. The zero-order valence-electron chi connectivity index (χ0n) is 14.1. The van der Waals surface area contributed by atoms with Crippen LogP contribution in [0.3, 0.4) is 0 Å². The van der Waals surface area contributed by atoms with Gasteiger partial charge in [-0.05, 0) is 30.7 Å². The first-order valence-corrected chi connectivity index (χ1v) is 7.72. The van der Waals surface area contributed by atoms with Gasteiger partial charge >= 0.3 is 12.4 Å². The van der Waals surface area contributed by atoms with Crippen LogP contribution in [-0.2, 0) is 6.18 Å². The molecule has 0 aliphatic heterocycles. The average Bonchev–Trinajstić information content (AvgIpc) is 2.59. The molecule has 5 nitrogen and oxygen atoms in total. The number of ether oxygens (including phenoxy) is 1. The Labute approximate surface area is 153 Å². The van der Waals surface area contributed by atoms with Crippen molar-refractivity contribution in [3.63, 3.8) is 0 Å². The highest BCUT2D eigenvalue weighted by molar-refractivity contribution is 5.67. The lowest BCUT2D eigenvalue weighted by atomic mass is 10.1. The molecule has 0 spiro atoms. The summed E-state index contributed by atoms with van der Waals surface area (Å²) in [6.45, 7) is 0.0314. The van der Waals surface area contributed by atoms with E-state index in [9.17, 15) is 31.1 Å². The molecule has 0 unspecified atom stereocenters. The van der Waals surface area contributed by atoms with Crippen molar-refractivity contribution in [2.45, 2.75) is 19.3 Å². The molecule has 0 atom stereocenters. The molecule has 11 heteroatoms. The Morgan fingerprint density at radius 1 is 1.11 bits per heavy atom. The van der Waals surface area contributed by atoms with Crippen molar-refractivity contribution >= 4 is 5.65 Å². The number of fused-ring (bicyclic) bond motifs is 1. The maximum atomic E-state index is 13.5. The van der Waals surface area contributed by atoms with Crippen LogP contribution >= 0.6 is 0 Å². The minimum Gasteiger partial charge on any atom is -0.468 e. The summed E-state index contributed by atoms with van der Waals surface area (Å²) in [4.78, 5) is 19.8. The molecule has 0 aliphatic carbocycles. The Kier molecular flexibility index (Phi) is 4.77. The van der Waals surface area contributed by atoms with E-state index in [0.717, 1.165) is 22.7 Å². The number of hydrogen-bond acceptors (Lipinski definition) is 4. The molecule has 0 bridgehead atoms. The van der Waals surface area contributed by atoms with Crippen LogP contribution in [0.15, 0.2) is 41.5 Å². The van der Waals surface area contributed by atoms with Gasteiger partial charge in [-0.25, -0.2) is 9.97 Å². The highest BCUT2D eigenvalue weighted by Crippen LogP contribution is 2.34. The standard InChI is InChI=1S/C17H11F6N3O2/c1-9-4-5-26-11(6-9)25-14(17(21,22)23)13(15(26)27)10-2-3-12(24-7-10)28-8-16(18,19)20/h2-7H,8H2,1H3. The second-order valence-electron chi connectivity index (χ2n) is 5.86. The van der Waals surface area contributed by atoms with Gasteiger partial charge in [-0.15, -0.1) is 0 Å². The molecule has 0 N–H and O–H groups in total. The summed E-state index contributed by atoms with van der Waals surface area (Å²) in [5.41, 5.74) is -2.97. The molecule has 0 aliphatic rings. The zero-order valence-corrected chi connectivity index (χ0v) is 14.1. The summed E-state index contributed by atoms with van der Waals surface area (Å²) in [5, 5.41) is 0. The summed E-state index contributed by atoms with van der Waals surface area (Å²) >= 11 is 0. The summed E-state index contributed by atoms with van der Waals surface area (Å²) in [5.74, 6) is -0.445.